The van der Waals surface area contributed by atoms with Gasteiger partial charge in [0, 0.05) is 11.9 Å². The predicted octanol–water partition coefficient (Wildman–Crippen LogP) is 2.48. The van der Waals surface area contributed by atoms with Crippen molar-refractivity contribution < 1.29 is 14.3 Å². The maximum absolute atomic E-state index is 12.7. The van der Waals surface area contributed by atoms with E-state index in [9.17, 15) is 9.59 Å². The van der Waals surface area contributed by atoms with Crippen molar-refractivity contribution in [3.05, 3.63) is 64.1 Å². The number of hydrogen-bond donors (Lipinski definition) is 1. The lowest BCUT2D eigenvalue weighted by atomic mass is 10.1. The topological polar surface area (TPSA) is 119 Å². The van der Waals surface area contributed by atoms with Crippen molar-refractivity contribution in [1.29, 1.82) is 5.26 Å². The maximum Gasteiger partial charge on any atom is 0.292 e. The summed E-state index contributed by atoms with van der Waals surface area (Å²) < 4.78 is 11.8. The van der Waals surface area contributed by atoms with Gasteiger partial charge >= 0.3 is 0 Å². The number of fused-ring (bicyclic) bond motifs is 1. The van der Waals surface area contributed by atoms with Gasteiger partial charge in [-0.3, -0.25) is 9.59 Å². The Kier molecular flexibility index (Phi) is 6.96. The summed E-state index contributed by atoms with van der Waals surface area (Å²) in [4.78, 5) is 25.3. The molecule has 0 saturated heterocycles. The van der Waals surface area contributed by atoms with Crippen LogP contribution in [-0.2, 0) is 6.54 Å². The molecule has 158 valence electrons. The largest absolute Gasteiger partial charge is 0.493 e. The van der Waals surface area contributed by atoms with Crippen molar-refractivity contribution in [2.24, 2.45) is 5.10 Å². The first-order chi connectivity index (χ1) is 15.1. The van der Waals surface area contributed by atoms with Crippen LogP contribution in [0, 0.1) is 11.3 Å². The second-order valence-corrected chi connectivity index (χ2v) is 6.48. The van der Waals surface area contributed by atoms with Gasteiger partial charge in [0.15, 0.2) is 23.8 Å². The number of aryl methyl sites for hydroxylation is 1. The zero-order valence-corrected chi connectivity index (χ0v) is 17.2. The van der Waals surface area contributed by atoms with Crippen LogP contribution in [0.25, 0.3) is 10.8 Å². The highest BCUT2D eigenvalue weighted by Crippen LogP contribution is 2.27. The van der Waals surface area contributed by atoms with Crippen LogP contribution < -0.4 is 20.5 Å². The van der Waals surface area contributed by atoms with Crippen LogP contribution in [0.1, 0.15) is 29.4 Å². The molecule has 0 radical (unpaired) electrons. The molecule has 31 heavy (non-hydrogen) atoms. The van der Waals surface area contributed by atoms with Crippen LogP contribution in [0.5, 0.6) is 11.5 Å². The number of nitriles is 1. The Morgan fingerprint density at radius 2 is 2.03 bits per heavy atom. The molecule has 0 bridgehead atoms. The second kappa shape index (κ2) is 10.0. The third-order valence-electron chi connectivity index (χ3n) is 4.38. The number of hydrazone groups is 1. The number of benzene rings is 2. The standard InChI is InChI=1S/C22H21N5O4/c1-3-11-27-22(29)17-7-5-4-6-16(17)20(26-27)21(28)25-24-14-15-8-9-18(31-12-10-23)19(13-15)30-2/h4-9,13-14H,3,11-12H2,1-2H3,(H,25,28)/b24-14-. The molecular formula is C22H21N5O4. The smallest absolute Gasteiger partial charge is 0.292 e. The molecule has 9 heteroatoms. The summed E-state index contributed by atoms with van der Waals surface area (Å²) in [5.41, 5.74) is 2.99. The molecular weight excluding hydrogens is 398 g/mol. The maximum atomic E-state index is 12.7. The van der Waals surface area contributed by atoms with Crippen LogP contribution in [0.15, 0.2) is 52.4 Å². The summed E-state index contributed by atoms with van der Waals surface area (Å²) in [5.74, 6) is 0.335. The van der Waals surface area contributed by atoms with Gasteiger partial charge in [-0.15, -0.1) is 0 Å². The normalized spacial score (nSPS) is 10.7. The van der Waals surface area contributed by atoms with Crippen LogP contribution >= 0.6 is 0 Å². The number of rotatable bonds is 8. The minimum absolute atomic E-state index is 0.0962. The van der Waals surface area contributed by atoms with Crippen molar-refractivity contribution >= 4 is 22.9 Å². The van der Waals surface area contributed by atoms with E-state index in [0.717, 1.165) is 0 Å². The lowest BCUT2D eigenvalue weighted by Crippen LogP contribution is -2.29. The highest BCUT2D eigenvalue weighted by Gasteiger charge is 2.16. The fraction of sp³-hybridized carbons (Fsp3) is 0.227. The van der Waals surface area contributed by atoms with Gasteiger partial charge in [-0.05, 0) is 36.2 Å². The molecule has 3 rings (SSSR count). The van der Waals surface area contributed by atoms with Crippen molar-refractivity contribution in [3.8, 4) is 17.6 Å². The fourth-order valence-corrected chi connectivity index (χ4v) is 2.98. The quantitative estimate of drug-likeness (QED) is 0.443. The van der Waals surface area contributed by atoms with E-state index in [2.05, 4.69) is 15.6 Å². The Balaban J connectivity index is 1.83. The first-order valence-corrected chi connectivity index (χ1v) is 9.60. The third-order valence-corrected chi connectivity index (χ3v) is 4.38. The van der Waals surface area contributed by atoms with Gasteiger partial charge in [0.05, 0.1) is 18.7 Å². The van der Waals surface area contributed by atoms with E-state index < -0.39 is 5.91 Å². The summed E-state index contributed by atoms with van der Waals surface area (Å²) in [6, 6.07) is 13.8. The number of hydrogen-bond acceptors (Lipinski definition) is 7. The summed E-state index contributed by atoms with van der Waals surface area (Å²) in [6.45, 7) is 2.24. The molecule has 1 amide bonds. The van der Waals surface area contributed by atoms with Gasteiger partial charge in [0.1, 0.15) is 6.07 Å². The van der Waals surface area contributed by atoms with E-state index >= 15 is 0 Å². The molecule has 0 aliphatic rings. The molecule has 0 unspecified atom stereocenters. The molecule has 1 heterocycles. The van der Waals surface area contributed by atoms with Gasteiger partial charge in [-0.1, -0.05) is 25.1 Å². The van der Waals surface area contributed by atoms with E-state index in [0.29, 0.717) is 40.8 Å². The van der Waals surface area contributed by atoms with E-state index in [1.54, 1.807) is 42.5 Å². The van der Waals surface area contributed by atoms with Gasteiger partial charge in [0.2, 0.25) is 0 Å². The Hall–Kier alpha value is -4.19. The average molecular weight is 419 g/mol. The fourth-order valence-electron chi connectivity index (χ4n) is 2.98. The summed E-state index contributed by atoms with van der Waals surface area (Å²) in [6.07, 6.45) is 2.15. The van der Waals surface area contributed by atoms with E-state index in [-0.39, 0.29) is 17.9 Å². The number of amides is 1. The Labute approximate surface area is 178 Å². The highest BCUT2D eigenvalue weighted by molar-refractivity contribution is 6.05. The lowest BCUT2D eigenvalue weighted by Gasteiger charge is -2.09. The Morgan fingerprint density at radius 1 is 1.26 bits per heavy atom. The molecule has 1 aromatic heterocycles. The minimum atomic E-state index is -0.529. The molecule has 0 atom stereocenters. The minimum Gasteiger partial charge on any atom is -0.493 e. The molecule has 0 aliphatic carbocycles. The van der Waals surface area contributed by atoms with Gasteiger partial charge < -0.3 is 9.47 Å². The zero-order valence-electron chi connectivity index (χ0n) is 17.2. The van der Waals surface area contributed by atoms with E-state index in [1.165, 1.54) is 18.0 Å². The molecule has 0 spiro atoms. The third kappa shape index (κ3) is 4.87. The summed E-state index contributed by atoms with van der Waals surface area (Å²) in [7, 11) is 1.49. The lowest BCUT2D eigenvalue weighted by molar-refractivity contribution is 0.0949. The average Bonchev–Trinajstić information content (AvgIpc) is 2.80. The molecule has 0 fully saturated rings. The first-order valence-electron chi connectivity index (χ1n) is 9.60. The Morgan fingerprint density at radius 3 is 2.74 bits per heavy atom. The number of aromatic nitrogens is 2. The van der Waals surface area contributed by atoms with Crippen molar-refractivity contribution in [1.82, 2.24) is 15.2 Å². The molecule has 0 aliphatic heterocycles. The van der Waals surface area contributed by atoms with E-state index in [1.807, 2.05) is 13.0 Å². The number of carbonyl (C=O) groups is 1. The summed E-state index contributed by atoms with van der Waals surface area (Å²) in [5, 5.41) is 17.8. The number of nitrogens with zero attached hydrogens (tertiary/aromatic N) is 4. The monoisotopic (exact) mass is 419 g/mol. The van der Waals surface area contributed by atoms with Crippen molar-refractivity contribution in [2.45, 2.75) is 19.9 Å². The van der Waals surface area contributed by atoms with Crippen LogP contribution in [0.3, 0.4) is 0 Å². The van der Waals surface area contributed by atoms with Gasteiger partial charge in [-0.25, -0.2) is 10.1 Å². The number of ether oxygens (including phenoxy) is 2. The number of methoxy groups -OCH3 is 1. The Bertz CT molecular complexity index is 1230. The highest BCUT2D eigenvalue weighted by atomic mass is 16.5. The van der Waals surface area contributed by atoms with Crippen molar-refractivity contribution in [2.75, 3.05) is 13.7 Å². The van der Waals surface area contributed by atoms with E-state index in [4.69, 9.17) is 14.7 Å². The molecule has 9 nitrogen and oxygen atoms in total. The van der Waals surface area contributed by atoms with Gasteiger partial charge in [-0.2, -0.15) is 15.5 Å². The van der Waals surface area contributed by atoms with Crippen LogP contribution in [0.4, 0.5) is 0 Å². The first kappa shape index (κ1) is 21.5. The summed E-state index contributed by atoms with van der Waals surface area (Å²) >= 11 is 0. The van der Waals surface area contributed by atoms with Gasteiger partial charge in [0.25, 0.3) is 11.5 Å². The number of nitrogens with one attached hydrogen (secondary N) is 1. The SMILES string of the molecule is CCCn1nc(C(=O)N/N=C\c2ccc(OCC#N)c(OC)c2)c2ccccc2c1=O. The van der Waals surface area contributed by atoms with Crippen LogP contribution in [-0.4, -0.2) is 35.6 Å². The molecule has 3 aromatic rings. The zero-order chi connectivity index (χ0) is 22.2. The van der Waals surface area contributed by atoms with Crippen LogP contribution in [0.2, 0.25) is 0 Å². The molecule has 0 saturated carbocycles. The predicted molar refractivity (Wildman–Crippen MR) is 115 cm³/mol. The van der Waals surface area contributed by atoms with Crippen molar-refractivity contribution in [3.63, 3.8) is 0 Å². The number of carbonyl (C=O) groups excluding carboxylic acids is 1. The molecule has 2 aromatic carbocycles. The second-order valence-electron chi connectivity index (χ2n) is 6.48. The molecule has 1 N–H and O–H groups in total.